The van der Waals surface area contributed by atoms with Crippen molar-refractivity contribution in [1.82, 2.24) is 5.32 Å². The molecule has 0 spiro atoms. The zero-order valence-corrected chi connectivity index (χ0v) is 11.8. The van der Waals surface area contributed by atoms with Crippen molar-refractivity contribution in [1.29, 1.82) is 0 Å². The van der Waals surface area contributed by atoms with Crippen molar-refractivity contribution in [2.24, 2.45) is 0 Å². The zero-order valence-electron chi connectivity index (χ0n) is 11.8. The molecule has 1 saturated heterocycles. The van der Waals surface area contributed by atoms with Gasteiger partial charge in [-0.3, -0.25) is 4.79 Å². The van der Waals surface area contributed by atoms with Gasteiger partial charge >= 0.3 is 5.97 Å². The molecule has 1 heterocycles. The van der Waals surface area contributed by atoms with Gasteiger partial charge in [-0.05, 0) is 30.6 Å². The van der Waals surface area contributed by atoms with Crippen LogP contribution in [0, 0.1) is 0 Å². The number of hydrogen-bond acceptors (Lipinski definition) is 4. The summed E-state index contributed by atoms with van der Waals surface area (Å²) in [6, 6.07) is 0. The van der Waals surface area contributed by atoms with Crippen LogP contribution in [-0.4, -0.2) is 37.7 Å². The average Bonchev–Trinajstić information content (AvgIpc) is 2.83. The van der Waals surface area contributed by atoms with Gasteiger partial charge in [-0.15, -0.1) is 0 Å². The molecule has 1 N–H and O–H groups in total. The van der Waals surface area contributed by atoms with Crippen molar-refractivity contribution < 1.29 is 19.1 Å². The van der Waals surface area contributed by atoms with E-state index >= 15 is 0 Å². The minimum Gasteiger partial charge on any atom is -0.467 e. The molecule has 0 unspecified atom stereocenters. The largest absolute Gasteiger partial charge is 0.467 e. The first-order valence-corrected chi connectivity index (χ1v) is 6.26. The molecule has 0 saturated carbocycles. The first-order chi connectivity index (χ1) is 8.92. The van der Waals surface area contributed by atoms with Crippen molar-refractivity contribution in [2.45, 2.75) is 32.7 Å². The van der Waals surface area contributed by atoms with Gasteiger partial charge in [-0.1, -0.05) is 5.57 Å². The highest BCUT2D eigenvalue weighted by Gasteiger charge is 2.47. The number of rotatable bonds is 2. The lowest BCUT2D eigenvalue weighted by Crippen LogP contribution is -2.57. The maximum Gasteiger partial charge on any atom is 0.336 e. The molecule has 2 aliphatic rings. The van der Waals surface area contributed by atoms with E-state index in [2.05, 4.69) is 5.32 Å². The lowest BCUT2D eigenvalue weighted by molar-refractivity contribution is -0.149. The van der Waals surface area contributed by atoms with Crippen molar-refractivity contribution in [3.63, 3.8) is 0 Å². The van der Waals surface area contributed by atoms with Crippen molar-refractivity contribution in [3.8, 4) is 0 Å². The molecule has 1 fully saturated rings. The Kier molecular flexibility index (Phi) is 3.49. The van der Waals surface area contributed by atoms with E-state index in [-0.39, 0.29) is 5.91 Å². The normalized spacial score (nSPS) is 26.3. The molecule has 1 aliphatic heterocycles. The Morgan fingerprint density at radius 2 is 1.89 bits per heavy atom. The minimum absolute atomic E-state index is 0.250. The average molecular weight is 265 g/mol. The Balaban J connectivity index is 2.55. The second-order valence-electron chi connectivity index (χ2n) is 5.11. The summed E-state index contributed by atoms with van der Waals surface area (Å²) in [5.41, 5.74) is 2.98. The summed E-state index contributed by atoms with van der Waals surface area (Å²) in [5.74, 6) is -0.682. The number of esters is 1. The van der Waals surface area contributed by atoms with Crippen molar-refractivity contribution in [3.05, 3.63) is 22.3 Å². The summed E-state index contributed by atoms with van der Waals surface area (Å²) in [6.07, 6.45) is 0.438. The van der Waals surface area contributed by atoms with Crippen molar-refractivity contribution >= 4 is 11.9 Å². The maximum absolute atomic E-state index is 12.2. The van der Waals surface area contributed by atoms with Crippen LogP contribution < -0.4 is 5.32 Å². The Hall–Kier alpha value is -1.62. The molecular weight excluding hydrogens is 246 g/mol. The van der Waals surface area contributed by atoms with Crippen LogP contribution in [0.5, 0.6) is 0 Å². The smallest absolute Gasteiger partial charge is 0.336 e. The van der Waals surface area contributed by atoms with Gasteiger partial charge in [-0.25, -0.2) is 4.79 Å². The lowest BCUT2D eigenvalue weighted by Gasteiger charge is -2.37. The Morgan fingerprint density at radius 3 is 2.47 bits per heavy atom. The van der Waals surface area contributed by atoms with Gasteiger partial charge in [0.2, 0.25) is 5.91 Å². The third-order valence-electron chi connectivity index (χ3n) is 3.92. The number of ether oxygens (including phenoxy) is 2. The fourth-order valence-corrected chi connectivity index (χ4v) is 2.93. The van der Waals surface area contributed by atoms with Crippen LogP contribution in [0.2, 0.25) is 0 Å². The molecule has 0 radical (unpaired) electrons. The molecule has 0 bridgehead atoms. The van der Waals surface area contributed by atoms with Gasteiger partial charge in [0.25, 0.3) is 0 Å². The van der Waals surface area contributed by atoms with Gasteiger partial charge in [0, 0.05) is 13.3 Å². The van der Waals surface area contributed by atoms with E-state index in [1.165, 1.54) is 14.0 Å². The van der Waals surface area contributed by atoms with Gasteiger partial charge < -0.3 is 14.8 Å². The topological polar surface area (TPSA) is 64.6 Å². The Labute approximate surface area is 112 Å². The van der Waals surface area contributed by atoms with E-state index in [1.807, 2.05) is 13.8 Å². The summed E-state index contributed by atoms with van der Waals surface area (Å²) in [6.45, 7) is 6.30. The molecule has 1 amide bonds. The highest BCUT2D eigenvalue weighted by Crippen LogP contribution is 2.40. The number of hydrogen-bond donors (Lipinski definition) is 1. The van der Waals surface area contributed by atoms with E-state index in [1.54, 1.807) is 0 Å². The van der Waals surface area contributed by atoms with Crippen LogP contribution in [0.15, 0.2) is 22.3 Å². The molecule has 0 aromatic carbocycles. The molecule has 104 valence electrons. The van der Waals surface area contributed by atoms with Crippen LogP contribution in [0.25, 0.3) is 0 Å². The van der Waals surface area contributed by atoms with Crippen LogP contribution >= 0.6 is 0 Å². The fraction of sp³-hybridized carbons (Fsp3) is 0.571. The Bertz CT molecular complexity index is 504. The maximum atomic E-state index is 12.2. The summed E-state index contributed by atoms with van der Waals surface area (Å²) in [7, 11) is 1.34. The SMILES string of the molecule is COC(=O)[C@]1(NC(C)=O)CC(C)=C2COCC2=C1C. The highest BCUT2D eigenvalue weighted by molar-refractivity contribution is 5.92. The van der Waals surface area contributed by atoms with Gasteiger partial charge in [0.05, 0.1) is 20.3 Å². The molecule has 5 nitrogen and oxygen atoms in total. The molecule has 0 aromatic rings. The summed E-state index contributed by atoms with van der Waals surface area (Å²) >= 11 is 0. The molecule has 0 aromatic heterocycles. The first-order valence-electron chi connectivity index (χ1n) is 6.26. The zero-order chi connectivity index (χ0) is 14.2. The van der Waals surface area contributed by atoms with Crippen molar-refractivity contribution in [2.75, 3.05) is 20.3 Å². The highest BCUT2D eigenvalue weighted by atomic mass is 16.5. The predicted molar refractivity (Wildman–Crippen MR) is 69.4 cm³/mol. The number of nitrogens with one attached hydrogen (secondary N) is 1. The molecule has 1 aliphatic carbocycles. The number of fused-ring (bicyclic) bond motifs is 1. The van der Waals surface area contributed by atoms with Crippen LogP contribution in [0.4, 0.5) is 0 Å². The van der Waals surface area contributed by atoms with E-state index < -0.39 is 11.5 Å². The Morgan fingerprint density at radius 1 is 1.26 bits per heavy atom. The van der Waals surface area contributed by atoms with Crippen LogP contribution in [-0.2, 0) is 19.1 Å². The van der Waals surface area contributed by atoms with Crippen LogP contribution in [0.3, 0.4) is 0 Å². The third-order valence-corrected chi connectivity index (χ3v) is 3.92. The van der Waals surface area contributed by atoms with Gasteiger partial charge in [0.15, 0.2) is 5.54 Å². The van der Waals surface area contributed by atoms with E-state index in [0.717, 1.165) is 22.3 Å². The number of methoxy groups -OCH3 is 1. The molecule has 5 heteroatoms. The molecule has 1 atom stereocenters. The second kappa shape index (κ2) is 4.81. The molecule has 2 rings (SSSR count). The number of amides is 1. The quantitative estimate of drug-likeness (QED) is 0.759. The van der Waals surface area contributed by atoms with Gasteiger partial charge in [0.1, 0.15) is 0 Å². The van der Waals surface area contributed by atoms with E-state index in [0.29, 0.717) is 19.6 Å². The monoisotopic (exact) mass is 265 g/mol. The first kappa shape index (κ1) is 13.8. The number of carbonyl (C=O) groups excluding carboxylic acids is 2. The third kappa shape index (κ3) is 2.08. The fourth-order valence-electron chi connectivity index (χ4n) is 2.93. The summed E-state index contributed by atoms with van der Waals surface area (Å²) < 4.78 is 10.4. The van der Waals surface area contributed by atoms with E-state index in [4.69, 9.17) is 9.47 Å². The second-order valence-corrected chi connectivity index (χ2v) is 5.11. The molecule has 19 heavy (non-hydrogen) atoms. The lowest BCUT2D eigenvalue weighted by atomic mass is 9.75. The number of carbonyl (C=O) groups is 2. The predicted octanol–water partition coefficient (Wildman–Crippen LogP) is 1.10. The minimum atomic E-state index is -1.09. The van der Waals surface area contributed by atoms with Crippen LogP contribution in [0.1, 0.15) is 27.2 Å². The van der Waals surface area contributed by atoms with E-state index in [9.17, 15) is 9.59 Å². The summed E-state index contributed by atoms with van der Waals surface area (Å²) in [4.78, 5) is 23.7. The van der Waals surface area contributed by atoms with Gasteiger partial charge in [-0.2, -0.15) is 0 Å². The summed E-state index contributed by atoms with van der Waals surface area (Å²) in [5, 5.41) is 2.78. The standard InChI is InChI=1S/C14H19NO4/c1-8-5-14(13(17)18-4,15-10(3)16)9(2)12-7-19-6-11(8)12/h5-7H2,1-4H3,(H,15,16)/t14-/m0/s1. The molecular formula is C14H19NO4.